The van der Waals surface area contributed by atoms with Crippen LogP contribution in [0, 0.1) is 20.8 Å². The molecule has 0 bridgehead atoms. The summed E-state index contributed by atoms with van der Waals surface area (Å²) in [4.78, 5) is 28.8. The summed E-state index contributed by atoms with van der Waals surface area (Å²) in [5, 5.41) is 7.07. The van der Waals surface area contributed by atoms with Crippen molar-refractivity contribution in [2.45, 2.75) is 27.2 Å². The Morgan fingerprint density at radius 1 is 1.12 bits per heavy atom. The first-order valence-corrected chi connectivity index (χ1v) is 8.62. The SMILES string of the molecule is Cc1cc(C(=O)N2CCCN(C(=O)c3n[nH]c(C)c3Cl)CC2)c(C)o1. The van der Waals surface area contributed by atoms with Crippen LogP contribution in [0.5, 0.6) is 0 Å². The number of aromatic amines is 1. The van der Waals surface area contributed by atoms with E-state index in [0.717, 1.165) is 5.76 Å². The number of amides is 2. The van der Waals surface area contributed by atoms with Crippen molar-refractivity contribution in [3.05, 3.63) is 39.6 Å². The van der Waals surface area contributed by atoms with Crippen molar-refractivity contribution >= 4 is 23.4 Å². The molecule has 134 valence electrons. The van der Waals surface area contributed by atoms with Crippen molar-refractivity contribution in [1.29, 1.82) is 0 Å². The van der Waals surface area contributed by atoms with Crippen LogP contribution < -0.4 is 0 Å². The normalized spacial score (nSPS) is 15.4. The van der Waals surface area contributed by atoms with Crippen LogP contribution in [0.15, 0.2) is 10.5 Å². The first kappa shape index (κ1) is 17.5. The molecule has 2 aromatic heterocycles. The molecule has 1 fully saturated rings. The lowest BCUT2D eigenvalue weighted by molar-refractivity contribution is 0.0714. The van der Waals surface area contributed by atoms with Gasteiger partial charge in [-0.25, -0.2) is 0 Å². The highest BCUT2D eigenvalue weighted by molar-refractivity contribution is 6.34. The lowest BCUT2D eigenvalue weighted by Crippen LogP contribution is -2.37. The van der Waals surface area contributed by atoms with E-state index in [1.54, 1.807) is 29.7 Å². The largest absolute Gasteiger partial charge is 0.466 e. The highest BCUT2D eigenvalue weighted by atomic mass is 35.5. The number of hydrogen-bond acceptors (Lipinski definition) is 4. The molecule has 1 aliphatic rings. The minimum atomic E-state index is -0.209. The Labute approximate surface area is 150 Å². The van der Waals surface area contributed by atoms with Crippen LogP contribution in [0.1, 0.15) is 44.5 Å². The number of nitrogens with zero attached hydrogens (tertiary/aromatic N) is 3. The second-order valence-electron chi connectivity index (χ2n) is 6.28. The fourth-order valence-corrected chi connectivity index (χ4v) is 3.21. The van der Waals surface area contributed by atoms with E-state index >= 15 is 0 Å². The van der Waals surface area contributed by atoms with Crippen molar-refractivity contribution in [2.24, 2.45) is 0 Å². The first-order chi connectivity index (χ1) is 11.9. The monoisotopic (exact) mass is 364 g/mol. The van der Waals surface area contributed by atoms with Crippen LogP contribution in [0.4, 0.5) is 0 Å². The van der Waals surface area contributed by atoms with E-state index in [4.69, 9.17) is 16.0 Å². The van der Waals surface area contributed by atoms with Crippen LogP contribution in [0.3, 0.4) is 0 Å². The van der Waals surface area contributed by atoms with Crippen molar-refractivity contribution in [3.8, 4) is 0 Å². The van der Waals surface area contributed by atoms with Crippen LogP contribution in [-0.2, 0) is 0 Å². The molecular weight excluding hydrogens is 344 g/mol. The summed E-state index contributed by atoms with van der Waals surface area (Å²) in [6.07, 6.45) is 0.703. The number of nitrogens with one attached hydrogen (secondary N) is 1. The van der Waals surface area contributed by atoms with Gasteiger partial charge in [-0.2, -0.15) is 5.10 Å². The van der Waals surface area contributed by atoms with E-state index in [1.165, 1.54) is 0 Å². The molecule has 25 heavy (non-hydrogen) atoms. The summed E-state index contributed by atoms with van der Waals surface area (Å²) in [5.41, 5.74) is 1.49. The fraction of sp³-hybridized carbons (Fsp3) is 0.471. The third kappa shape index (κ3) is 3.42. The van der Waals surface area contributed by atoms with Gasteiger partial charge in [0.15, 0.2) is 5.69 Å². The highest BCUT2D eigenvalue weighted by Crippen LogP contribution is 2.21. The lowest BCUT2D eigenvalue weighted by atomic mass is 10.2. The van der Waals surface area contributed by atoms with Gasteiger partial charge in [0.2, 0.25) is 0 Å². The van der Waals surface area contributed by atoms with Gasteiger partial charge in [0.25, 0.3) is 11.8 Å². The minimum Gasteiger partial charge on any atom is -0.466 e. The van der Waals surface area contributed by atoms with Gasteiger partial charge in [0.1, 0.15) is 11.5 Å². The number of halogens is 1. The maximum Gasteiger partial charge on any atom is 0.275 e. The summed E-state index contributed by atoms with van der Waals surface area (Å²) in [5.74, 6) is 1.07. The molecule has 8 heteroatoms. The lowest BCUT2D eigenvalue weighted by Gasteiger charge is -2.21. The summed E-state index contributed by atoms with van der Waals surface area (Å²) in [6.45, 7) is 7.45. The van der Waals surface area contributed by atoms with E-state index in [2.05, 4.69) is 10.2 Å². The van der Waals surface area contributed by atoms with E-state index in [1.807, 2.05) is 6.92 Å². The molecule has 0 aliphatic carbocycles. The smallest absolute Gasteiger partial charge is 0.275 e. The maximum absolute atomic E-state index is 12.7. The van der Waals surface area contributed by atoms with Crippen molar-refractivity contribution in [3.63, 3.8) is 0 Å². The van der Waals surface area contributed by atoms with Crippen LogP contribution >= 0.6 is 11.6 Å². The molecular formula is C17H21ClN4O3. The second kappa shape index (κ2) is 6.92. The molecule has 1 saturated heterocycles. The molecule has 1 aliphatic heterocycles. The predicted octanol–water partition coefficient (Wildman–Crippen LogP) is 2.57. The van der Waals surface area contributed by atoms with E-state index in [-0.39, 0.29) is 17.5 Å². The van der Waals surface area contributed by atoms with Gasteiger partial charge < -0.3 is 14.2 Å². The average Bonchev–Trinajstić information content (AvgIpc) is 2.97. The molecule has 0 saturated carbocycles. The van der Waals surface area contributed by atoms with Gasteiger partial charge >= 0.3 is 0 Å². The Morgan fingerprint density at radius 2 is 1.76 bits per heavy atom. The molecule has 7 nitrogen and oxygen atoms in total. The van der Waals surface area contributed by atoms with Crippen LogP contribution in [0.2, 0.25) is 5.02 Å². The van der Waals surface area contributed by atoms with Crippen LogP contribution in [-0.4, -0.2) is 58.0 Å². The zero-order valence-corrected chi connectivity index (χ0v) is 15.3. The van der Waals surface area contributed by atoms with Crippen LogP contribution in [0.25, 0.3) is 0 Å². The third-order valence-corrected chi connectivity index (χ3v) is 4.88. The highest BCUT2D eigenvalue weighted by Gasteiger charge is 2.27. The summed E-state index contributed by atoms with van der Waals surface area (Å²) < 4.78 is 5.45. The van der Waals surface area contributed by atoms with Crippen molar-refractivity contribution < 1.29 is 14.0 Å². The first-order valence-electron chi connectivity index (χ1n) is 8.24. The molecule has 3 rings (SSSR count). The van der Waals surface area contributed by atoms with E-state index in [0.29, 0.717) is 54.6 Å². The predicted molar refractivity (Wildman–Crippen MR) is 92.9 cm³/mol. The summed E-state index contributed by atoms with van der Waals surface area (Å²) in [6, 6.07) is 1.76. The standard InChI is InChI=1S/C17H21ClN4O3/c1-10-9-13(12(3)25-10)16(23)21-5-4-6-22(8-7-21)17(24)15-14(18)11(2)19-20-15/h9H,4-8H2,1-3H3,(H,19,20). The average molecular weight is 365 g/mol. The van der Waals surface area contributed by atoms with Gasteiger partial charge in [-0.05, 0) is 33.3 Å². The molecule has 0 unspecified atom stereocenters. The number of carbonyl (C=O) groups excluding carboxylic acids is 2. The molecule has 3 heterocycles. The van der Waals surface area contributed by atoms with Gasteiger partial charge in [0.05, 0.1) is 16.3 Å². The summed E-state index contributed by atoms with van der Waals surface area (Å²) in [7, 11) is 0. The number of hydrogen-bond donors (Lipinski definition) is 1. The molecule has 2 aromatic rings. The third-order valence-electron chi connectivity index (χ3n) is 4.42. The molecule has 0 radical (unpaired) electrons. The summed E-state index contributed by atoms with van der Waals surface area (Å²) >= 11 is 6.13. The van der Waals surface area contributed by atoms with Crippen molar-refractivity contribution in [2.75, 3.05) is 26.2 Å². The zero-order valence-electron chi connectivity index (χ0n) is 14.6. The number of rotatable bonds is 2. The molecule has 1 N–H and O–H groups in total. The molecule has 0 spiro atoms. The zero-order chi connectivity index (χ0) is 18.1. The number of furan rings is 1. The minimum absolute atomic E-state index is 0.0581. The van der Waals surface area contributed by atoms with E-state index < -0.39 is 0 Å². The Balaban J connectivity index is 1.70. The fourth-order valence-electron chi connectivity index (χ4n) is 3.04. The van der Waals surface area contributed by atoms with Gasteiger partial charge in [0, 0.05) is 26.2 Å². The Hall–Kier alpha value is -2.28. The molecule has 0 atom stereocenters. The molecule has 0 aromatic carbocycles. The van der Waals surface area contributed by atoms with Gasteiger partial charge in [-0.3, -0.25) is 14.7 Å². The Bertz CT molecular complexity index is 789. The quantitative estimate of drug-likeness (QED) is 0.887. The van der Waals surface area contributed by atoms with E-state index in [9.17, 15) is 9.59 Å². The van der Waals surface area contributed by atoms with Crippen molar-refractivity contribution in [1.82, 2.24) is 20.0 Å². The Morgan fingerprint density at radius 3 is 2.28 bits per heavy atom. The van der Waals surface area contributed by atoms with Gasteiger partial charge in [-0.1, -0.05) is 11.6 Å². The maximum atomic E-state index is 12.7. The van der Waals surface area contributed by atoms with Gasteiger partial charge in [-0.15, -0.1) is 0 Å². The molecule has 2 amide bonds. The topological polar surface area (TPSA) is 82.4 Å². The number of aryl methyl sites for hydroxylation is 3. The number of carbonyl (C=O) groups is 2. The number of H-pyrrole nitrogens is 1. The second-order valence-corrected chi connectivity index (χ2v) is 6.65. The Kier molecular flexibility index (Phi) is 4.85. The number of aromatic nitrogens is 2.